The molecular formula is C26H23N3O3. The van der Waals surface area contributed by atoms with Gasteiger partial charge >= 0.3 is 0 Å². The zero-order valence-corrected chi connectivity index (χ0v) is 17.5. The van der Waals surface area contributed by atoms with Crippen LogP contribution in [0.2, 0.25) is 0 Å². The minimum Gasteiger partial charge on any atom is -0.348 e. The molecule has 3 aromatic carbocycles. The number of fused-ring (bicyclic) bond motifs is 3. The van der Waals surface area contributed by atoms with Crippen molar-refractivity contribution in [2.45, 2.75) is 31.6 Å². The normalized spacial score (nSPS) is 19.5. The Morgan fingerprint density at radius 2 is 1.47 bits per heavy atom. The van der Waals surface area contributed by atoms with Crippen LogP contribution < -0.4 is 10.2 Å². The van der Waals surface area contributed by atoms with Crippen LogP contribution in [0, 0.1) is 0 Å². The summed E-state index contributed by atoms with van der Waals surface area (Å²) in [7, 11) is 0. The number of nitrogens with zero attached hydrogens (tertiary/aromatic N) is 2. The summed E-state index contributed by atoms with van der Waals surface area (Å²) in [6.07, 6.45) is 0.449. The number of nitrogens with one attached hydrogen (secondary N) is 1. The van der Waals surface area contributed by atoms with Gasteiger partial charge in [0.05, 0.1) is 11.3 Å². The van der Waals surface area contributed by atoms with E-state index in [0.29, 0.717) is 17.8 Å². The van der Waals surface area contributed by atoms with E-state index in [1.54, 1.807) is 29.2 Å². The van der Waals surface area contributed by atoms with Crippen molar-refractivity contribution < 1.29 is 14.4 Å². The summed E-state index contributed by atoms with van der Waals surface area (Å²) in [6.45, 7) is 0.551. The number of hydrogen-bond donors (Lipinski definition) is 1. The molecule has 0 spiro atoms. The Morgan fingerprint density at radius 3 is 2.19 bits per heavy atom. The van der Waals surface area contributed by atoms with Crippen molar-refractivity contribution in [2.24, 2.45) is 0 Å². The number of para-hydroxylation sites is 1. The topological polar surface area (TPSA) is 69.7 Å². The number of amides is 3. The summed E-state index contributed by atoms with van der Waals surface area (Å²) in [4.78, 5) is 43.6. The average Bonchev–Trinajstić information content (AvgIpc) is 3.20. The maximum atomic E-state index is 13.8. The predicted octanol–water partition coefficient (Wildman–Crippen LogP) is 3.48. The maximum Gasteiger partial charge on any atom is 0.267 e. The van der Waals surface area contributed by atoms with Crippen LogP contribution in [0.25, 0.3) is 0 Å². The highest BCUT2D eigenvalue weighted by Gasteiger charge is 2.60. The van der Waals surface area contributed by atoms with Gasteiger partial charge in [-0.25, -0.2) is 0 Å². The molecule has 2 aliphatic heterocycles. The van der Waals surface area contributed by atoms with Crippen molar-refractivity contribution in [3.8, 4) is 0 Å². The fourth-order valence-corrected chi connectivity index (χ4v) is 4.69. The number of carbonyl (C=O) groups excluding carboxylic acids is 3. The molecule has 3 amide bonds. The molecule has 160 valence electrons. The summed E-state index contributed by atoms with van der Waals surface area (Å²) in [5.74, 6) is -0.742. The lowest BCUT2D eigenvalue weighted by Crippen LogP contribution is -2.70. The lowest BCUT2D eigenvalue weighted by atomic mass is 9.94. The largest absolute Gasteiger partial charge is 0.348 e. The van der Waals surface area contributed by atoms with Gasteiger partial charge in [-0.05, 0) is 23.3 Å². The third kappa shape index (κ3) is 3.15. The van der Waals surface area contributed by atoms with Gasteiger partial charge in [0.25, 0.3) is 11.8 Å². The van der Waals surface area contributed by atoms with Gasteiger partial charge in [0.2, 0.25) is 11.6 Å². The summed E-state index contributed by atoms with van der Waals surface area (Å²) in [5, 5.41) is 2.99. The summed E-state index contributed by atoms with van der Waals surface area (Å²) in [6, 6.07) is 26.2. The Balaban J connectivity index is 1.59. The van der Waals surface area contributed by atoms with E-state index in [4.69, 9.17) is 0 Å². The van der Waals surface area contributed by atoms with E-state index in [2.05, 4.69) is 5.32 Å². The minimum atomic E-state index is -1.40. The number of anilines is 1. The second-order valence-electron chi connectivity index (χ2n) is 8.11. The van der Waals surface area contributed by atoms with Gasteiger partial charge in [-0.3, -0.25) is 19.3 Å². The van der Waals surface area contributed by atoms with Crippen LogP contribution in [-0.4, -0.2) is 28.3 Å². The predicted molar refractivity (Wildman–Crippen MR) is 120 cm³/mol. The van der Waals surface area contributed by atoms with Crippen molar-refractivity contribution in [1.29, 1.82) is 0 Å². The quantitative estimate of drug-likeness (QED) is 0.680. The highest BCUT2D eigenvalue weighted by molar-refractivity contribution is 6.16. The number of rotatable bonds is 5. The summed E-state index contributed by atoms with van der Waals surface area (Å²) in [5.41, 5.74) is 1.39. The molecule has 1 unspecified atom stereocenters. The second kappa shape index (κ2) is 7.96. The van der Waals surface area contributed by atoms with Crippen LogP contribution in [0.1, 0.15) is 34.3 Å². The van der Waals surface area contributed by atoms with Crippen molar-refractivity contribution in [2.75, 3.05) is 4.90 Å². The third-order valence-electron chi connectivity index (χ3n) is 6.22. The van der Waals surface area contributed by atoms with Crippen molar-refractivity contribution in [3.63, 3.8) is 0 Å². The average molecular weight is 425 g/mol. The van der Waals surface area contributed by atoms with Gasteiger partial charge in [0.1, 0.15) is 0 Å². The number of benzene rings is 3. The Kier molecular flexibility index (Phi) is 4.98. The van der Waals surface area contributed by atoms with Gasteiger partial charge in [-0.1, -0.05) is 72.8 Å². The SMILES string of the molecule is O=C1c2ccccc2N2C(=O)CCC2(C(=O)NCc2ccccc2)N1Cc1ccccc1. The third-order valence-corrected chi connectivity index (χ3v) is 6.22. The number of carbonyl (C=O) groups is 3. The monoisotopic (exact) mass is 425 g/mol. The molecule has 0 saturated carbocycles. The van der Waals surface area contributed by atoms with Crippen LogP contribution >= 0.6 is 0 Å². The molecule has 0 bridgehead atoms. The second-order valence-corrected chi connectivity index (χ2v) is 8.11. The van der Waals surface area contributed by atoms with E-state index in [1.165, 1.54) is 4.90 Å². The molecule has 32 heavy (non-hydrogen) atoms. The molecule has 0 radical (unpaired) electrons. The minimum absolute atomic E-state index is 0.155. The standard InChI is InChI=1S/C26H23N3O3/c30-23-15-16-26(25(32)27-17-19-9-3-1-4-10-19)28(18-20-11-5-2-6-12-20)24(31)21-13-7-8-14-22(21)29(23)26/h1-14H,15-18H2,(H,27,32). The Hall–Kier alpha value is -3.93. The van der Waals surface area contributed by atoms with Crippen molar-refractivity contribution >= 4 is 23.4 Å². The Labute approximate surface area is 186 Å². The van der Waals surface area contributed by atoms with E-state index in [0.717, 1.165) is 11.1 Å². The van der Waals surface area contributed by atoms with Crippen LogP contribution in [0.5, 0.6) is 0 Å². The Morgan fingerprint density at radius 1 is 0.844 bits per heavy atom. The van der Waals surface area contributed by atoms with Gasteiger partial charge in [0.15, 0.2) is 0 Å². The fraction of sp³-hybridized carbons (Fsp3) is 0.192. The molecule has 1 fully saturated rings. The molecule has 0 aliphatic carbocycles. The smallest absolute Gasteiger partial charge is 0.267 e. The molecule has 1 N–H and O–H groups in total. The first kappa shape index (κ1) is 20.0. The lowest BCUT2D eigenvalue weighted by molar-refractivity contribution is -0.134. The molecule has 0 aromatic heterocycles. The molecule has 2 heterocycles. The Bertz CT molecular complexity index is 1180. The van der Waals surface area contributed by atoms with Crippen LogP contribution in [0.4, 0.5) is 5.69 Å². The zero-order valence-electron chi connectivity index (χ0n) is 17.5. The van der Waals surface area contributed by atoms with Gasteiger partial charge in [-0.2, -0.15) is 0 Å². The first-order valence-electron chi connectivity index (χ1n) is 10.7. The maximum absolute atomic E-state index is 13.8. The lowest BCUT2D eigenvalue weighted by Gasteiger charge is -2.49. The molecule has 1 saturated heterocycles. The van der Waals surface area contributed by atoms with Crippen LogP contribution in [0.15, 0.2) is 84.9 Å². The first-order valence-corrected chi connectivity index (χ1v) is 10.7. The molecular weight excluding hydrogens is 402 g/mol. The zero-order chi connectivity index (χ0) is 22.1. The summed E-state index contributed by atoms with van der Waals surface area (Å²) < 4.78 is 0. The molecule has 2 aliphatic rings. The van der Waals surface area contributed by atoms with E-state index in [9.17, 15) is 14.4 Å². The number of hydrogen-bond acceptors (Lipinski definition) is 3. The van der Waals surface area contributed by atoms with Crippen molar-refractivity contribution in [1.82, 2.24) is 10.2 Å². The van der Waals surface area contributed by atoms with Gasteiger partial charge in [0, 0.05) is 25.9 Å². The van der Waals surface area contributed by atoms with Crippen LogP contribution in [0.3, 0.4) is 0 Å². The van der Waals surface area contributed by atoms with E-state index < -0.39 is 5.66 Å². The molecule has 5 rings (SSSR count). The molecule has 3 aromatic rings. The first-order chi connectivity index (χ1) is 15.6. The summed E-state index contributed by atoms with van der Waals surface area (Å²) >= 11 is 0. The fourth-order valence-electron chi connectivity index (χ4n) is 4.69. The van der Waals surface area contributed by atoms with E-state index in [1.807, 2.05) is 60.7 Å². The van der Waals surface area contributed by atoms with Crippen molar-refractivity contribution in [3.05, 3.63) is 102 Å². The van der Waals surface area contributed by atoms with E-state index >= 15 is 0 Å². The highest BCUT2D eigenvalue weighted by Crippen LogP contribution is 2.45. The van der Waals surface area contributed by atoms with Gasteiger partial charge < -0.3 is 10.2 Å². The van der Waals surface area contributed by atoms with Crippen LogP contribution in [-0.2, 0) is 22.7 Å². The molecule has 6 heteroatoms. The molecule has 1 atom stereocenters. The highest BCUT2D eigenvalue weighted by atomic mass is 16.2. The van der Waals surface area contributed by atoms with Gasteiger partial charge in [-0.15, -0.1) is 0 Å². The molecule has 6 nitrogen and oxygen atoms in total. The van der Waals surface area contributed by atoms with E-state index in [-0.39, 0.29) is 37.1 Å².